The van der Waals surface area contributed by atoms with Crippen molar-refractivity contribution in [3.05, 3.63) is 11.8 Å². The molecule has 1 fully saturated rings. The van der Waals surface area contributed by atoms with E-state index in [-0.39, 0.29) is 5.54 Å². The van der Waals surface area contributed by atoms with Crippen molar-refractivity contribution < 1.29 is 0 Å². The van der Waals surface area contributed by atoms with Crippen LogP contribution < -0.4 is 16.2 Å². The molecule has 0 aromatic carbocycles. The Hall–Kier alpha value is -1.36. The van der Waals surface area contributed by atoms with E-state index < -0.39 is 0 Å². The van der Waals surface area contributed by atoms with Gasteiger partial charge in [0.05, 0.1) is 0 Å². The molecule has 0 atom stereocenters. The van der Waals surface area contributed by atoms with Crippen molar-refractivity contribution >= 4 is 11.8 Å². The average molecular weight is 221 g/mol. The minimum atomic E-state index is 0.172. The van der Waals surface area contributed by atoms with E-state index in [1.807, 2.05) is 13.1 Å². The maximum absolute atomic E-state index is 5.34. The number of nitrogens with one attached hydrogen (secondary N) is 1. The molecule has 2 rings (SSSR count). The van der Waals surface area contributed by atoms with Gasteiger partial charge in [-0.3, -0.25) is 5.43 Å². The Kier molecular flexibility index (Phi) is 2.71. The van der Waals surface area contributed by atoms with Crippen molar-refractivity contribution in [2.75, 3.05) is 16.9 Å². The van der Waals surface area contributed by atoms with Crippen LogP contribution in [0.1, 0.15) is 32.3 Å². The van der Waals surface area contributed by atoms with Crippen molar-refractivity contribution in [3.63, 3.8) is 0 Å². The second-order valence-electron chi connectivity index (χ2n) is 4.91. The van der Waals surface area contributed by atoms with Crippen LogP contribution in [0, 0.1) is 6.92 Å². The van der Waals surface area contributed by atoms with E-state index in [0.29, 0.717) is 5.95 Å². The van der Waals surface area contributed by atoms with Gasteiger partial charge in [-0.2, -0.15) is 4.98 Å². The van der Waals surface area contributed by atoms with Gasteiger partial charge in [0.2, 0.25) is 5.95 Å². The van der Waals surface area contributed by atoms with Crippen molar-refractivity contribution in [1.29, 1.82) is 0 Å². The highest BCUT2D eigenvalue weighted by atomic mass is 15.3. The fraction of sp³-hybridized carbons (Fsp3) is 0.636. The fourth-order valence-corrected chi connectivity index (χ4v) is 2.28. The third-order valence-corrected chi connectivity index (χ3v) is 3.23. The number of nitrogens with zero attached hydrogens (tertiary/aromatic N) is 3. The molecule has 1 aliphatic rings. The van der Waals surface area contributed by atoms with E-state index in [9.17, 15) is 0 Å². The smallest absolute Gasteiger partial charge is 0.239 e. The Morgan fingerprint density at radius 3 is 2.81 bits per heavy atom. The van der Waals surface area contributed by atoms with Crippen molar-refractivity contribution in [2.45, 2.75) is 39.2 Å². The van der Waals surface area contributed by atoms with Gasteiger partial charge in [0.25, 0.3) is 0 Å². The number of nitrogens with two attached hydrogens (primary N) is 1. The van der Waals surface area contributed by atoms with E-state index in [2.05, 4.69) is 34.1 Å². The molecule has 0 spiro atoms. The number of rotatable bonds is 2. The highest BCUT2D eigenvalue weighted by Gasteiger charge is 2.33. The molecular formula is C11H19N5. The first-order chi connectivity index (χ1) is 7.54. The SMILES string of the molecule is Cc1cnc(NN)nc1N1CCCC1(C)C. The second kappa shape index (κ2) is 3.90. The first kappa shape index (κ1) is 11.1. The van der Waals surface area contributed by atoms with Gasteiger partial charge in [0, 0.05) is 23.8 Å². The van der Waals surface area contributed by atoms with E-state index in [4.69, 9.17) is 5.84 Å². The van der Waals surface area contributed by atoms with Crippen LogP contribution in [0.5, 0.6) is 0 Å². The van der Waals surface area contributed by atoms with E-state index in [1.165, 1.54) is 12.8 Å². The summed E-state index contributed by atoms with van der Waals surface area (Å²) in [5, 5.41) is 0. The Morgan fingerprint density at radius 2 is 2.25 bits per heavy atom. The van der Waals surface area contributed by atoms with Gasteiger partial charge in [-0.1, -0.05) is 0 Å². The van der Waals surface area contributed by atoms with Crippen molar-refractivity contribution in [3.8, 4) is 0 Å². The molecule has 5 nitrogen and oxygen atoms in total. The molecule has 1 aromatic rings. The van der Waals surface area contributed by atoms with Crippen LogP contribution in [0.2, 0.25) is 0 Å². The molecule has 0 amide bonds. The Labute approximate surface area is 96.0 Å². The summed E-state index contributed by atoms with van der Waals surface area (Å²) in [6.07, 6.45) is 4.22. The summed E-state index contributed by atoms with van der Waals surface area (Å²) in [5.74, 6) is 6.81. The van der Waals surface area contributed by atoms with Crippen LogP contribution >= 0.6 is 0 Å². The molecule has 16 heavy (non-hydrogen) atoms. The lowest BCUT2D eigenvalue weighted by molar-refractivity contribution is 0.513. The molecule has 3 N–H and O–H groups in total. The summed E-state index contributed by atoms with van der Waals surface area (Å²) < 4.78 is 0. The van der Waals surface area contributed by atoms with Crippen LogP contribution in [0.3, 0.4) is 0 Å². The maximum atomic E-state index is 5.34. The fourth-order valence-electron chi connectivity index (χ4n) is 2.28. The van der Waals surface area contributed by atoms with Gasteiger partial charge in [0.15, 0.2) is 0 Å². The molecule has 1 aliphatic heterocycles. The topological polar surface area (TPSA) is 67.1 Å². The van der Waals surface area contributed by atoms with Crippen LogP contribution in [0.25, 0.3) is 0 Å². The number of hydrogen-bond acceptors (Lipinski definition) is 5. The molecule has 0 bridgehead atoms. The molecular weight excluding hydrogens is 202 g/mol. The number of anilines is 2. The average Bonchev–Trinajstić information content (AvgIpc) is 2.59. The van der Waals surface area contributed by atoms with Gasteiger partial charge in [-0.15, -0.1) is 0 Å². The van der Waals surface area contributed by atoms with E-state index in [1.54, 1.807) is 0 Å². The quantitative estimate of drug-likeness (QED) is 0.584. The van der Waals surface area contributed by atoms with Gasteiger partial charge in [-0.05, 0) is 33.6 Å². The normalized spacial score (nSPS) is 18.9. The lowest BCUT2D eigenvalue weighted by Crippen LogP contribution is -2.39. The first-order valence-electron chi connectivity index (χ1n) is 5.62. The predicted molar refractivity (Wildman–Crippen MR) is 65.2 cm³/mol. The highest BCUT2D eigenvalue weighted by molar-refractivity contribution is 5.51. The zero-order valence-electron chi connectivity index (χ0n) is 10.1. The monoisotopic (exact) mass is 221 g/mol. The summed E-state index contributed by atoms with van der Waals surface area (Å²) >= 11 is 0. The van der Waals surface area contributed by atoms with Gasteiger partial charge in [0.1, 0.15) is 5.82 Å². The zero-order valence-corrected chi connectivity index (χ0v) is 10.1. The molecule has 0 radical (unpaired) electrons. The van der Waals surface area contributed by atoms with Gasteiger partial charge in [-0.25, -0.2) is 10.8 Å². The molecule has 2 heterocycles. The lowest BCUT2D eigenvalue weighted by Gasteiger charge is -2.33. The third-order valence-electron chi connectivity index (χ3n) is 3.23. The summed E-state index contributed by atoms with van der Waals surface area (Å²) in [4.78, 5) is 10.9. The summed E-state index contributed by atoms with van der Waals surface area (Å²) in [7, 11) is 0. The molecule has 5 heteroatoms. The lowest BCUT2D eigenvalue weighted by atomic mass is 10.0. The molecule has 1 saturated heterocycles. The Bertz CT molecular complexity index is 388. The standard InChI is InChI=1S/C11H19N5/c1-8-7-13-10(15-12)14-9(8)16-6-4-5-11(16,2)3/h7H,4-6,12H2,1-3H3,(H,13,14,15). The minimum Gasteiger partial charge on any atom is -0.351 e. The van der Waals surface area contributed by atoms with Crippen molar-refractivity contribution in [2.24, 2.45) is 5.84 Å². The molecule has 0 aliphatic carbocycles. The highest BCUT2D eigenvalue weighted by Crippen LogP contribution is 2.34. The molecule has 88 valence electrons. The largest absolute Gasteiger partial charge is 0.351 e. The molecule has 0 saturated carbocycles. The van der Waals surface area contributed by atoms with Gasteiger partial charge >= 0.3 is 0 Å². The second-order valence-corrected chi connectivity index (χ2v) is 4.91. The number of nitrogen functional groups attached to an aromatic ring is 1. The van der Waals surface area contributed by atoms with Crippen LogP contribution in [0.15, 0.2) is 6.20 Å². The summed E-state index contributed by atoms with van der Waals surface area (Å²) in [6.45, 7) is 7.58. The summed E-state index contributed by atoms with van der Waals surface area (Å²) in [5.41, 5.74) is 3.76. The predicted octanol–water partition coefficient (Wildman–Crippen LogP) is 1.45. The minimum absolute atomic E-state index is 0.172. The number of aryl methyl sites for hydroxylation is 1. The maximum Gasteiger partial charge on any atom is 0.239 e. The first-order valence-corrected chi connectivity index (χ1v) is 5.62. The Morgan fingerprint density at radius 1 is 1.50 bits per heavy atom. The van der Waals surface area contributed by atoms with Crippen LogP contribution in [-0.4, -0.2) is 22.1 Å². The number of hydrazine groups is 1. The third kappa shape index (κ3) is 1.82. The Balaban J connectivity index is 2.39. The zero-order chi connectivity index (χ0) is 11.8. The van der Waals surface area contributed by atoms with Gasteiger partial charge < -0.3 is 4.90 Å². The van der Waals surface area contributed by atoms with E-state index in [0.717, 1.165) is 17.9 Å². The molecule has 1 aromatic heterocycles. The summed E-state index contributed by atoms with van der Waals surface area (Å²) in [6, 6.07) is 0. The van der Waals surface area contributed by atoms with Crippen LogP contribution in [0.4, 0.5) is 11.8 Å². The number of hydrogen-bond donors (Lipinski definition) is 2. The number of aromatic nitrogens is 2. The van der Waals surface area contributed by atoms with E-state index >= 15 is 0 Å². The van der Waals surface area contributed by atoms with Crippen molar-refractivity contribution in [1.82, 2.24) is 9.97 Å². The van der Waals surface area contributed by atoms with Crippen LogP contribution in [-0.2, 0) is 0 Å². The molecule has 0 unspecified atom stereocenters.